The van der Waals surface area contributed by atoms with Crippen LogP contribution in [0.4, 0.5) is 0 Å². The molecule has 4 aromatic rings. The van der Waals surface area contributed by atoms with E-state index in [9.17, 15) is 9.59 Å². The molecular formula is C34H42O7Si4. The van der Waals surface area contributed by atoms with Gasteiger partial charge in [0.05, 0.1) is 0 Å². The third-order valence-corrected chi connectivity index (χ3v) is 18.3. The molecule has 11 heteroatoms. The van der Waals surface area contributed by atoms with Crippen LogP contribution >= 0.6 is 0 Å². The van der Waals surface area contributed by atoms with Gasteiger partial charge < -0.3 is 21.2 Å². The maximum Gasteiger partial charge on any atom is 0.545 e. The van der Waals surface area contributed by atoms with Gasteiger partial charge in [-0.2, -0.15) is 0 Å². The van der Waals surface area contributed by atoms with Gasteiger partial charge in [-0.3, -0.25) is 9.59 Å². The van der Waals surface area contributed by atoms with Crippen molar-refractivity contribution in [2.45, 2.75) is 52.4 Å². The van der Waals surface area contributed by atoms with Crippen LogP contribution in [0.25, 0.3) is 0 Å². The molecular weight excluding hydrogens is 633 g/mol. The van der Waals surface area contributed by atoms with E-state index >= 15 is 0 Å². The van der Waals surface area contributed by atoms with Gasteiger partial charge in [-0.15, -0.1) is 0 Å². The first kappa shape index (κ1) is 34.4. The van der Waals surface area contributed by atoms with Crippen molar-refractivity contribution in [1.82, 2.24) is 0 Å². The highest BCUT2D eigenvalue weighted by Crippen LogP contribution is 2.30. The highest BCUT2D eigenvalue weighted by Gasteiger charge is 2.54. The average molecular weight is 675 g/mol. The van der Waals surface area contributed by atoms with Crippen LogP contribution in [-0.4, -0.2) is 45.8 Å². The average Bonchev–Trinajstić information content (AvgIpc) is 2.95. The van der Waals surface area contributed by atoms with Gasteiger partial charge >= 0.3 is 17.6 Å². The number of carbonyl (C=O) groups excluding carboxylic acids is 2. The zero-order valence-corrected chi connectivity index (χ0v) is 31.3. The molecule has 0 radical (unpaired) electrons. The minimum atomic E-state index is -3.44. The maximum atomic E-state index is 12.9. The molecule has 0 amide bonds. The second kappa shape index (κ2) is 13.9. The normalized spacial score (nSPS) is 14.6. The first-order chi connectivity index (χ1) is 21.0. The van der Waals surface area contributed by atoms with E-state index in [4.69, 9.17) is 21.2 Å². The lowest BCUT2D eigenvalue weighted by molar-refractivity contribution is 0.103. The molecule has 0 spiro atoms. The van der Waals surface area contributed by atoms with Gasteiger partial charge in [0, 0.05) is 35.3 Å². The van der Waals surface area contributed by atoms with E-state index in [1.807, 2.05) is 49.5 Å². The summed E-state index contributed by atoms with van der Waals surface area (Å²) in [5.41, 5.74) is 2.36. The van der Waals surface area contributed by atoms with Crippen LogP contribution in [0.2, 0.25) is 52.4 Å². The predicted molar refractivity (Wildman–Crippen MR) is 187 cm³/mol. The van der Waals surface area contributed by atoms with Crippen molar-refractivity contribution in [1.29, 1.82) is 0 Å². The molecule has 0 saturated carbocycles. The lowest BCUT2D eigenvalue weighted by atomic mass is 10.0. The Morgan fingerprint density at radius 3 is 0.978 bits per heavy atom. The Labute approximate surface area is 271 Å². The second-order valence-electron chi connectivity index (χ2n) is 12.9. The molecule has 2 unspecified atom stereocenters. The lowest BCUT2D eigenvalue weighted by Gasteiger charge is -2.40. The SMILES string of the molecule is C[Si](C)(C)O[Si](C)(Oc1ccc(C(=O)c2ccccc2)cc1)O[Si](C)(Oc1ccc(C(=O)c2ccccc2)cc1)O[Si](C)(C)C. The molecule has 0 bridgehead atoms. The molecule has 4 rings (SSSR count). The van der Waals surface area contributed by atoms with Gasteiger partial charge in [0.15, 0.2) is 28.2 Å². The summed E-state index contributed by atoms with van der Waals surface area (Å²) in [4.78, 5) is 25.9. The third kappa shape index (κ3) is 10.3. The van der Waals surface area contributed by atoms with Crippen LogP contribution in [0.15, 0.2) is 109 Å². The van der Waals surface area contributed by atoms with Crippen molar-refractivity contribution in [3.8, 4) is 11.5 Å². The van der Waals surface area contributed by atoms with Gasteiger partial charge in [0.25, 0.3) is 0 Å². The van der Waals surface area contributed by atoms with Crippen LogP contribution in [0.5, 0.6) is 11.5 Å². The van der Waals surface area contributed by atoms with Gasteiger partial charge in [-0.05, 0) is 87.8 Å². The highest BCUT2D eigenvalue weighted by molar-refractivity contribution is 6.86. The van der Waals surface area contributed by atoms with Crippen molar-refractivity contribution < 1.29 is 30.8 Å². The second-order valence-corrected chi connectivity index (χ2v) is 27.7. The van der Waals surface area contributed by atoms with Crippen molar-refractivity contribution >= 4 is 45.8 Å². The summed E-state index contributed by atoms with van der Waals surface area (Å²) in [5.74, 6) is 0.927. The first-order valence-electron chi connectivity index (χ1n) is 14.9. The number of benzene rings is 4. The summed E-state index contributed by atoms with van der Waals surface area (Å²) in [5, 5.41) is 0. The van der Waals surface area contributed by atoms with Gasteiger partial charge in [-0.1, -0.05) is 60.7 Å². The molecule has 4 aromatic carbocycles. The first-order valence-corrected chi connectivity index (χ1v) is 26.2. The predicted octanol–water partition coefficient (Wildman–Crippen LogP) is 8.46. The fourth-order valence-corrected chi connectivity index (χ4v) is 19.3. The van der Waals surface area contributed by atoms with Crippen molar-refractivity contribution in [3.05, 3.63) is 131 Å². The molecule has 0 N–H and O–H groups in total. The van der Waals surface area contributed by atoms with Crippen LogP contribution in [-0.2, 0) is 12.3 Å². The largest absolute Gasteiger partial charge is 0.545 e. The number of carbonyl (C=O) groups is 2. The van der Waals surface area contributed by atoms with E-state index in [2.05, 4.69) is 39.3 Å². The van der Waals surface area contributed by atoms with E-state index < -0.39 is 34.2 Å². The molecule has 236 valence electrons. The number of hydrogen-bond acceptors (Lipinski definition) is 7. The van der Waals surface area contributed by atoms with E-state index in [1.165, 1.54) is 0 Å². The van der Waals surface area contributed by atoms with Crippen LogP contribution < -0.4 is 8.85 Å². The summed E-state index contributed by atoms with van der Waals surface area (Å²) < 4.78 is 33.1. The molecule has 2 atom stereocenters. The minimum Gasteiger partial charge on any atom is -0.502 e. The Bertz CT molecular complexity index is 1470. The Balaban J connectivity index is 1.58. The van der Waals surface area contributed by atoms with Crippen LogP contribution in [0.1, 0.15) is 31.8 Å². The molecule has 0 aliphatic carbocycles. The Hall–Kier alpha value is -3.43. The Kier molecular flexibility index (Phi) is 10.6. The smallest absolute Gasteiger partial charge is 0.502 e. The third-order valence-electron chi connectivity index (χ3n) is 6.27. The Morgan fingerprint density at radius 1 is 0.400 bits per heavy atom. The zero-order valence-electron chi connectivity index (χ0n) is 27.3. The molecule has 45 heavy (non-hydrogen) atoms. The summed E-state index contributed by atoms with van der Waals surface area (Å²) in [6, 6.07) is 32.4. The molecule has 0 aliphatic heterocycles. The summed E-state index contributed by atoms with van der Waals surface area (Å²) in [6.45, 7) is 16.2. The number of rotatable bonds is 14. The monoisotopic (exact) mass is 674 g/mol. The van der Waals surface area contributed by atoms with E-state index in [0.29, 0.717) is 33.8 Å². The molecule has 0 heterocycles. The lowest BCUT2D eigenvalue weighted by Crippen LogP contribution is -2.63. The summed E-state index contributed by atoms with van der Waals surface area (Å²) >= 11 is 0. The molecule has 0 aromatic heterocycles. The van der Waals surface area contributed by atoms with E-state index in [1.54, 1.807) is 72.8 Å². The molecule has 7 nitrogen and oxygen atoms in total. The molecule has 0 saturated heterocycles. The van der Waals surface area contributed by atoms with Crippen molar-refractivity contribution in [2.24, 2.45) is 0 Å². The highest BCUT2D eigenvalue weighted by atomic mass is 28.5. The maximum absolute atomic E-state index is 12.9. The molecule has 0 fully saturated rings. The Morgan fingerprint density at radius 2 is 0.689 bits per heavy atom. The van der Waals surface area contributed by atoms with E-state index in [0.717, 1.165) is 0 Å². The van der Waals surface area contributed by atoms with E-state index in [-0.39, 0.29) is 11.6 Å². The number of ketones is 2. The zero-order chi connectivity index (χ0) is 32.9. The van der Waals surface area contributed by atoms with Crippen molar-refractivity contribution in [3.63, 3.8) is 0 Å². The number of hydrogen-bond donors (Lipinski definition) is 0. The van der Waals surface area contributed by atoms with Crippen molar-refractivity contribution in [2.75, 3.05) is 0 Å². The summed E-state index contributed by atoms with van der Waals surface area (Å²) in [7, 11) is -11.2. The topological polar surface area (TPSA) is 80.3 Å². The van der Waals surface area contributed by atoms with Crippen LogP contribution in [0, 0.1) is 0 Å². The minimum absolute atomic E-state index is 0.0647. The fraction of sp³-hybridized carbons (Fsp3) is 0.235. The van der Waals surface area contributed by atoms with Gasteiger partial charge in [-0.25, -0.2) is 0 Å². The summed E-state index contributed by atoms with van der Waals surface area (Å²) in [6.07, 6.45) is 0. The van der Waals surface area contributed by atoms with Crippen LogP contribution in [0.3, 0.4) is 0 Å². The van der Waals surface area contributed by atoms with Gasteiger partial charge in [0.2, 0.25) is 0 Å². The standard InChI is InChI=1S/C34H42O7Si4/c1-42(2,3)39-44(7,37-31-23-19-29(20-24-31)33(35)27-15-11-9-12-16-27)41-45(8,40-43(4,5)6)38-32-25-21-30(22-26-32)34(36)28-17-13-10-14-18-28/h9-26H,1-8H3. The molecule has 0 aliphatic rings. The fourth-order valence-electron chi connectivity index (χ4n) is 4.86. The van der Waals surface area contributed by atoms with Gasteiger partial charge in [0.1, 0.15) is 11.5 Å². The quantitative estimate of drug-likeness (QED) is 0.0981.